The molecule has 0 atom stereocenters. The minimum Gasteiger partial charge on any atom is -0.495 e. The molecule has 0 spiro atoms. The van der Waals surface area contributed by atoms with Crippen LogP contribution in [0.25, 0.3) is 0 Å². The fourth-order valence-electron chi connectivity index (χ4n) is 1.24. The number of sulfonamides is 1. The molecule has 0 aliphatic heterocycles. The van der Waals surface area contributed by atoms with Crippen molar-refractivity contribution < 1.29 is 13.2 Å². The first-order chi connectivity index (χ1) is 7.51. The number of methoxy groups -OCH3 is 1. The highest BCUT2D eigenvalue weighted by Crippen LogP contribution is 2.24. The minimum absolute atomic E-state index is 0.150. The summed E-state index contributed by atoms with van der Waals surface area (Å²) in [6.07, 6.45) is 1.49. The van der Waals surface area contributed by atoms with Crippen LogP contribution in [0.3, 0.4) is 0 Å². The first-order valence-electron chi connectivity index (χ1n) is 4.76. The van der Waals surface area contributed by atoms with Crippen molar-refractivity contribution >= 4 is 10.0 Å². The monoisotopic (exact) mass is 241 g/mol. The molecule has 1 aromatic rings. The van der Waals surface area contributed by atoms with E-state index >= 15 is 0 Å². The second-order valence-electron chi connectivity index (χ2n) is 3.29. The summed E-state index contributed by atoms with van der Waals surface area (Å²) in [6.45, 7) is 5.48. The van der Waals surface area contributed by atoms with Gasteiger partial charge in [-0.3, -0.25) is 0 Å². The van der Waals surface area contributed by atoms with Gasteiger partial charge < -0.3 is 4.74 Å². The SMILES string of the molecule is C=CCNS(=O)(=O)c1cc(C)ccc1OC. The van der Waals surface area contributed by atoms with Crippen molar-refractivity contribution in [3.05, 3.63) is 36.4 Å². The van der Waals surface area contributed by atoms with Gasteiger partial charge in [-0.25, -0.2) is 13.1 Å². The molecular formula is C11H15NO3S. The number of hydrogen-bond donors (Lipinski definition) is 1. The summed E-state index contributed by atoms with van der Waals surface area (Å²) in [7, 11) is -2.09. The first kappa shape index (κ1) is 12.7. The van der Waals surface area contributed by atoms with Gasteiger partial charge in [0, 0.05) is 6.54 Å². The summed E-state index contributed by atoms with van der Waals surface area (Å²) in [5, 5.41) is 0. The molecule has 0 saturated heterocycles. The lowest BCUT2D eigenvalue weighted by Crippen LogP contribution is -2.24. The molecule has 1 rings (SSSR count). The van der Waals surface area contributed by atoms with E-state index in [0.29, 0.717) is 5.75 Å². The third-order valence-electron chi connectivity index (χ3n) is 2.03. The maximum Gasteiger partial charge on any atom is 0.244 e. The molecule has 1 N–H and O–H groups in total. The molecule has 88 valence electrons. The molecule has 0 aromatic heterocycles. The second kappa shape index (κ2) is 5.14. The Morgan fingerprint density at radius 2 is 2.19 bits per heavy atom. The van der Waals surface area contributed by atoms with Crippen LogP contribution in [0, 0.1) is 6.92 Å². The molecule has 16 heavy (non-hydrogen) atoms. The predicted octanol–water partition coefficient (Wildman–Crippen LogP) is 1.47. The molecule has 0 aliphatic carbocycles. The van der Waals surface area contributed by atoms with Gasteiger partial charge in [0.15, 0.2) is 0 Å². The van der Waals surface area contributed by atoms with Crippen molar-refractivity contribution in [2.75, 3.05) is 13.7 Å². The average molecular weight is 241 g/mol. The highest BCUT2D eigenvalue weighted by Gasteiger charge is 2.18. The van der Waals surface area contributed by atoms with Crippen LogP contribution >= 0.6 is 0 Å². The minimum atomic E-state index is -3.53. The number of benzene rings is 1. The summed E-state index contributed by atoms with van der Waals surface area (Å²) >= 11 is 0. The molecule has 0 fully saturated rings. The summed E-state index contributed by atoms with van der Waals surface area (Å²) < 4.78 is 31.2. The van der Waals surface area contributed by atoms with E-state index in [2.05, 4.69) is 11.3 Å². The standard InChI is InChI=1S/C11H15NO3S/c1-4-7-12-16(13,14)11-8-9(2)5-6-10(11)15-3/h4-6,8,12H,1,7H2,2-3H3. The fourth-order valence-corrected chi connectivity index (χ4v) is 2.49. The van der Waals surface area contributed by atoms with Crippen molar-refractivity contribution in [1.29, 1.82) is 0 Å². The van der Waals surface area contributed by atoms with Crippen LogP contribution < -0.4 is 9.46 Å². The van der Waals surface area contributed by atoms with Gasteiger partial charge in [0.05, 0.1) is 7.11 Å². The Labute approximate surface area is 96.0 Å². The molecule has 4 nitrogen and oxygen atoms in total. The van der Waals surface area contributed by atoms with Gasteiger partial charge in [-0.2, -0.15) is 0 Å². The van der Waals surface area contributed by atoms with Crippen molar-refractivity contribution in [2.24, 2.45) is 0 Å². The Balaban J connectivity index is 3.19. The van der Waals surface area contributed by atoms with Crippen LogP contribution in [-0.2, 0) is 10.0 Å². The van der Waals surface area contributed by atoms with E-state index in [9.17, 15) is 8.42 Å². The third-order valence-corrected chi connectivity index (χ3v) is 3.47. The zero-order chi connectivity index (χ0) is 12.2. The van der Waals surface area contributed by atoms with Gasteiger partial charge in [-0.1, -0.05) is 12.1 Å². The molecule has 0 unspecified atom stereocenters. The molecule has 0 bridgehead atoms. The summed E-state index contributed by atoms with van der Waals surface area (Å²) in [5.74, 6) is 0.335. The topological polar surface area (TPSA) is 55.4 Å². The number of rotatable bonds is 5. The van der Waals surface area contributed by atoms with E-state index in [-0.39, 0.29) is 11.4 Å². The van der Waals surface area contributed by atoms with E-state index in [0.717, 1.165) is 5.56 Å². The van der Waals surface area contributed by atoms with Crippen LogP contribution in [0.15, 0.2) is 35.7 Å². The molecule has 0 amide bonds. The first-order valence-corrected chi connectivity index (χ1v) is 6.25. The van der Waals surface area contributed by atoms with Gasteiger partial charge >= 0.3 is 0 Å². The molecule has 5 heteroatoms. The Bertz CT molecular complexity index is 480. The Morgan fingerprint density at radius 1 is 1.50 bits per heavy atom. The Morgan fingerprint density at radius 3 is 2.75 bits per heavy atom. The second-order valence-corrected chi connectivity index (χ2v) is 5.03. The lowest BCUT2D eigenvalue weighted by molar-refractivity contribution is 0.402. The summed E-state index contributed by atoms with van der Waals surface area (Å²) in [5.41, 5.74) is 0.861. The highest BCUT2D eigenvalue weighted by atomic mass is 32.2. The normalized spacial score (nSPS) is 11.1. The van der Waals surface area contributed by atoms with Gasteiger partial charge in [0.25, 0.3) is 0 Å². The molecular weight excluding hydrogens is 226 g/mol. The zero-order valence-corrected chi connectivity index (χ0v) is 10.2. The van der Waals surface area contributed by atoms with Crippen LogP contribution in [0.1, 0.15) is 5.56 Å². The van der Waals surface area contributed by atoms with E-state index in [1.165, 1.54) is 13.2 Å². The lowest BCUT2D eigenvalue weighted by Gasteiger charge is -2.10. The largest absolute Gasteiger partial charge is 0.495 e. The lowest BCUT2D eigenvalue weighted by atomic mass is 10.2. The van der Waals surface area contributed by atoms with Gasteiger partial charge in [-0.05, 0) is 24.6 Å². The van der Waals surface area contributed by atoms with E-state index < -0.39 is 10.0 Å². The van der Waals surface area contributed by atoms with Crippen LogP contribution in [0.5, 0.6) is 5.75 Å². The number of aryl methyl sites for hydroxylation is 1. The third kappa shape index (κ3) is 2.84. The van der Waals surface area contributed by atoms with Gasteiger partial charge in [0.1, 0.15) is 10.6 Å². The molecule has 0 heterocycles. The van der Waals surface area contributed by atoms with Crippen molar-refractivity contribution in [3.63, 3.8) is 0 Å². The van der Waals surface area contributed by atoms with Crippen molar-refractivity contribution in [1.82, 2.24) is 4.72 Å². The Kier molecular flexibility index (Phi) is 4.09. The molecule has 0 aliphatic rings. The van der Waals surface area contributed by atoms with Gasteiger partial charge in [-0.15, -0.1) is 6.58 Å². The Hall–Kier alpha value is -1.33. The predicted molar refractivity (Wildman–Crippen MR) is 63.1 cm³/mol. The maximum absolute atomic E-state index is 11.9. The molecule has 0 saturated carbocycles. The summed E-state index contributed by atoms with van der Waals surface area (Å²) in [4.78, 5) is 0.150. The quantitative estimate of drug-likeness (QED) is 0.794. The van der Waals surface area contributed by atoms with E-state index in [1.807, 2.05) is 6.92 Å². The maximum atomic E-state index is 11.9. The number of hydrogen-bond acceptors (Lipinski definition) is 3. The van der Waals surface area contributed by atoms with Crippen molar-refractivity contribution in [3.8, 4) is 5.75 Å². The highest BCUT2D eigenvalue weighted by molar-refractivity contribution is 7.89. The van der Waals surface area contributed by atoms with Crippen molar-refractivity contribution in [2.45, 2.75) is 11.8 Å². The average Bonchev–Trinajstić information content (AvgIpc) is 2.26. The number of ether oxygens (including phenoxy) is 1. The number of nitrogens with one attached hydrogen (secondary N) is 1. The van der Waals surface area contributed by atoms with Crippen LogP contribution in [-0.4, -0.2) is 22.1 Å². The smallest absolute Gasteiger partial charge is 0.244 e. The summed E-state index contributed by atoms with van der Waals surface area (Å²) in [6, 6.07) is 5.01. The van der Waals surface area contributed by atoms with E-state index in [4.69, 9.17) is 4.74 Å². The fraction of sp³-hybridized carbons (Fsp3) is 0.273. The van der Waals surface area contributed by atoms with Crippen LogP contribution in [0.2, 0.25) is 0 Å². The van der Waals surface area contributed by atoms with E-state index in [1.54, 1.807) is 18.2 Å². The zero-order valence-electron chi connectivity index (χ0n) is 9.36. The van der Waals surface area contributed by atoms with Gasteiger partial charge in [0.2, 0.25) is 10.0 Å². The van der Waals surface area contributed by atoms with Crippen LogP contribution in [0.4, 0.5) is 0 Å². The molecule has 0 radical (unpaired) electrons. The molecule has 1 aromatic carbocycles.